The van der Waals surface area contributed by atoms with Gasteiger partial charge in [0, 0.05) is 17.3 Å². The molecular weight excluding hydrogens is 396 g/mol. The fraction of sp³-hybridized carbons (Fsp3) is 0.905. The van der Waals surface area contributed by atoms with E-state index >= 15 is 0 Å². The molecule has 30 heavy (non-hydrogen) atoms. The van der Waals surface area contributed by atoms with Crippen LogP contribution in [0.4, 0.5) is 0 Å². The number of aliphatic hydroxyl groups excluding tert-OH is 6. The molecule has 10 atom stereocenters. The van der Waals surface area contributed by atoms with Crippen molar-refractivity contribution in [2.24, 2.45) is 17.3 Å². The summed E-state index contributed by atoms with van der Waals surface area (Å²) in [6, 6.07) is 0. The monoisotopic (exact) mass is 432 g/mol. The standard InChI is InChI=1S/C21H36O9/c1-10-4-5-13(24)21(9-23)7-6-11(20(2,3)28)18(14(10)21)30-19-17(27)16(26)15(25)12(8-22)29-19/h11-19,22-28H,1,4-9H2,2-3H3/t11-,12-,13+,14+,15-,16+,17-,18-,19+,21+/m1/s1. The van der Waals surface area contributed by atoms with Crippen molar-refractivity contribution in [1.82, 2.24) is 0 Å². The summed E-state index contributed by atoms with van der Waals surface area (Å²) in [6.07, 6.45) is -6.83. The summed E-state index contributed by atoms with van der Waals surface area (Å²) in [5.41, 5.74) is -1.29. The van der Waals surface area contributed by atoms with Crippen LogP contribution in [0.2, 0.25) is 0 Å². The summed E-state index contributed by atoms with van der Waals surface area (Å²) >= 11 is 0. The third-order valence-corrected chi connectivity index (χ3v) is 7.45. The highest BCUT2D eigenvalue weighted by molar-refractivity contribution is 5.20. The molecule has 0 aromatic carbocycles. The van der Waals surface area contributed by atoms with Gasteiger partial charge in [-0.1, -0.05) is 12.2 Å². The van der Waals surface area contributed by atoms with Crippen molar-refractivity contribution < 1.29 is 45.2 Å². The molecule has 1 heterocycles. The molecule has 1 aliphatic heterocycles. The second-order valence-electron chi connectivity index (χ2n) is 9.68. The topological polar surface area (TPSA) is 160 Å². The van der Waals surface area contributed by atoms with Crippen molar-refractivity contribution in [3.8, 4) is 0 Å². The predicted octanol–water partition coefficient (Wildman–Crippen LogP) is -1.34. The van der Waals surface area contributed by atoms with Crippen molar-refractivity contribution >= 4 is 0 Å². The molecule has 3 aliphatic rings. The van der Waals surface area contributed by atoms with Crippen LogP contribution in [0.15, 0.2) is 12.2 Å². The number of rotatable bonds is 5. The molecule has 0 radical (unpaired) electrons. The molecule has 3 fully saturated rings. The van der Waals surface area contributed by atoms with E-state index in [2.05, 4.69) is 6.58 Å². The normalized spacial score (nSPS) is 47.8. The molecule has 0 amide bonds. The van der Waals surface area contributed by atoms with Gasteiger partial charge >= 0.3 is 0 Å². The SMILES string of the molecule is C=C1CC[C@H](O)[C@@]2(CO)CC[C@@H](C(C)(C)O)[C@@H](O[C@@H]3O[C@H](CO)[C@@H](O)[C@H](O)[C@H]3O)[C@H]12. The van der Waals surface area contributed by atoms with Gasteiger partial charge in [-0.25, -0.2) is 0 Å². The third-order valence-electron chi connectivity index (χ3n) is 7.45. The number of hydrogen-bond donors (Lipinski definition) is 7. The van der Waals surface area contributed by atoms with E-state index < -0.39 is 72.4 Å². The zero-order chi connectivity index (χ0) is 22.4. The predicted molar refractivity (Wildman–Crippen MR) is 105 cm³/mol. The average Bonchev–Trinajstić information content (AvgIpc) is 2.70. The van der Waals surface area contributed by atoms with Crippen LogP contribution in [0.1, 0.15) is 39.5 Å². The lowest BCUT2D eigenvalue weighted by molar-refractivity contribution is -0.331. The van der Waals surface area contributed by atoms with E-state index in [-0.39, 0.29) is 6.61 Å². The first-order chi connectivity index (χ1) is 14.0. The zero-order valence-electron chi connectivity index (χ0n) is 17.6. The molecule has 174 valence electrons. The number of aliphatic hydroxyl groups is 7. The quantitative estimate of drug-likeness (QED) is 0.261. The Kier molecular flexibility index (Phi) is 6.99. The van der Waals surface area contributed by atoms with Crippen molar-refractivity contribution in [3.63, 3.8) is 0 Å². The maximum absolute atomic E-state index is 10.8. The van der Waals surface area contributed by atoms with Crippen molar-refractivity contribution in [2.75, 3.05) is 13.2 Å². The molecule has 0 bridgehead atoms. The summed E-state index contributed by atoms with van der Waals surface area (Å²) in [6.45, 7) is 6.57. The zero-order valence-corrected chi connectivity index (χ0v) is 17.6. The minimum atomic E-state index is -1.59. The van der Waals surface area contributed by atoms with E-state index in [1.807, 2.05) is 0 Å². The number of fused-ring (bicyclic) bond motifs is 1. The summed E-state index contributed by atoms with van der Waals surface area (Å²) in [5, 5.41) is 72.0. The van der Waals surface area contributed by atoms with E-state index in [1.54, 1.807) is 13.8 Å². The van der Waals surface area contributed by atoms with E-state index in [0.717, 1.165) is 5.57 Å². The lowest BCUT2D eigenvalue weighted by Crippen LogP contribution is -2.64. The van der Waals surface area contributed by atoms with Gasteiger partial charge in [0.15, 0.2) is 6.29 Å². The molecule has 0 unspecified atom stereocenters. The summed E-state index contributed by atoms with van der Waals surface area (Å²) in [7, 11) is 0. The Bertz CT molecular complexity index is 618. The molecule has 9 nitrogen and oxygen atoms in total. The fourth-order valence-electron chi connectivity index (χ4n) is 5.63. The Morgan fingerprint density at radius 2 is 1.77 bits per heavy atom. The molecule has 7 N–H and O–H groups in total. The van der Waals surface area contributed by atoms with Crippen LogP contribution in [0.5, 0.6) is 0 Å². The van der Waals surface area contributed by atoms with Crippen molar-refractivity contribution in [3.05, 3.63) is 12.2 Å². The van der Waals surface area contributed by atoms with Gasteiger partial charge in [0.2, 0.25) is 0 Å². The van der Waals surface area contributed by atoms with Crippen LogP contribution < -0.4 is 0 Å². The second-order valence-corrected chi connectivity index (χ2v) is 9.68. The van der Waals surface area contributed by atoms with Crippen LogP contribution in [0.25, 0.3) is 0 Å². The molecule has 9 heteroatoms. The Labute approximate surface area is 176 Å². The molecule has 3 rings (SSSR count). The number of hydrogen-bond acceptors (Lipinski definition) is 9. The van der Waals surface area contributed by atoms with Crippen LogP contribution in [-0.4, -0.2) is 97.5 Å². The van der Waals surface area contributed by atoms with Crippen LogP contribution in [-0.2, 0) is 9.47 Å². The summed E-state index contributed by atoms with van der Waals surface area (Å²) in [4.78, 5) is 0. The Morgan fingerprint density at radius 1 is 1.10 bits per heavy atom. The van der Waals surface area contributed by atoms with Crippen LogP contribution >= 0.6 is 0 Å². The Morgan fingerprint density at radius 3 is 2.33 bits per heavy atom. The highest BCUT2D eigenvalue weighted by Crippen LogP contribution is 2.56. The molecule has 0 spiro atoms. The van der Waals surface area contributed by atoms with Gasteiger partial charge in [-0.05, 0) is 39.5 Å². The van der Waals surface area contributed by atoms with E-state index in [9.17, 15) is 35.7 Å². The first kappa shape index (κ1) is 24.0. The molecule has 1 saturated heterocycles. The first-order valence-corrected chi connectivity index (χ1v) is 10.6. The number of ether oxygens (including phenoxy) is 2. The van der Waals surface area contributed by atoms with Gasteiger partial charge in [-0.2, -0.15) is 0 Å². The second kappa shape index (κ2) is 8.73. The van der Waals surface area contributed by atoms with Crippen molar-refractivity contribution in [2.45, 2.75) is 88.0 Å². The molecule has 2 saturated carbocycles. The largest absolute Gasteiger partial charge is 0.396 e. The van der Waals surface area contributed by atoms with Gasteiger partial charge in [-0.15, -0.1) is 0 Å². The maximum Gasteiger partial charge on any atom is 0.187 e. The molecule has 2 aliphatic carbocycles. The van der Waals surface area contributed by atoms with Gasteiger partial charge in [0.1, 0.15) is 24.4 Å². The van der Waals surface area contributed by atoms with Gasteiger partial charge in [0.05, 0.1) is 31.0 Å². The molecule has 0 aromatic heterocycles. The van der Waals surface area contributed by atoms with Crippen LogP contribution in [0, 0.1) is 17.3 Å². The van der Waals surface area contributed by atoms with E-state index in [4.69, 9.17) is 9.47 Å². The highest BCUT2D eigenvalue weighted by atomic mass is 16.7. The lowest BCUT2D eigenvalue weighted by atomic mass is 9.52. The van der Waals surface area contributed by atoms with Gasteiger partial charge < -0.3 is 45.2 Å². The lowest BCUT2D eigenvalue weighted by Gasteiger charge is -2.58. The maximum atomic E-state index is 10.8. The average molecular weight is 433 g/mol. The Balaban J connectivity index is 1.97. The Hall–Kier alpha value is -0.620. The van der Waals surface area contributed by atoms with Crippen LogP contribution in [0.3, 0.4) is 0 Å². The molecule has 0 aromatic rings. The highest BCUT2D eigenvalue weighted by Gasteiger charge is 2.59. The van der Waals surface area contributed by atoms with Crippen molar-refractivity contribution in [1.29, 1.82) is 0 Å². The van der Waals surface area contributed by atoms with Gasteiger partial charge in [0.25, 0.3) is 0 Å². The summed E-state index contributed by atoms with van der Waals surface area (Å²) in [5.74, 6) is -0.944. The minimum Gasteiger partial charge on any atom is -0.396 e. The van der Waals surface area contributed by atoms with E-state index in [0.29, 0.717) is 25.7 Å². The molecular formula is C21H36O9. The fourth-order valence-corrected chi connectivity index (χ4v) is 5.63. The first-order valence-electron chi connectivity index (χ1n) is 10.6. The smallest absolute Gasteiger partial charge is 0.187 e. The summed E-state index contributed by atoms with van der Waals surface area (Å²) < 4.78 is 11.7. The minimum absolute atomic E-state index is 0.287. The van der Waals surface area contributed by atoms with Gasteiger partial charge in [-0.3, -0.25) is 0 Å². The third kappa shape index (κ3) is 3.96. The van der Waals surface area contributed by atoms with E-state index in [1.165, 1.54) is 0 Å².